The predicted octanol–water partition coefficient (Wildman–Crippen LogP) is 8.32. The topological polar surface area (TPSA) is 93.7 Å². The molecule has 3 rings (SSSR count). The minimum atomic E-state index is -2.25. The van der Waals surface area contributed by atoms with Gasteiger partial charge in [-0.3, -0.25) is 0 Å². The van der Waals surface area contributed by atoms with Gasteiger partial charge in [-0.15, -0.1) is 0 Å². The summed E-state index contributed by atoms with van der Waals surface area (Å²) in [6.07, 6.45) is 2.18. The minimum absolute atomic E-state index is 0.00851. The van der Waals surface area contributed by atoms with Crippen LogP contribution >= 0.6 is 22.6 Å². The molecule has 4 atom stereocenters. The van der Waals surface area contributed by atoms with Crippen molar-refractivity contribution in [3.63, 3.8) is 0 Å². The predicted molar refractivity (Wildman–Crippen MR) is 186 cm³/mol. The van der Waals surface area contributed by atoms with Crippen LogP contribution in [0.4, 0.5) is 5.82 Å². The summed E-state index contributed by atoms with van der Waals surface area (Å²) >= 11 is 2.31. The van der Waals surface area contributed by atoms with E-state index in [0.29, 0.717) is 12.4 Å². The van der Waals surface area contributed by atoms with Crippen molar-refractivity contribution in [1.29, 1.82) is 0 Å². The lowest BCUT2D eigenvalue weighted by Crippen LogP contribution is -2.54. The Hall–Kier alpha value is -0.359. The van der Waals surface area contributed by atoms with Gasteiger partial charge in [0.15, 0.2) is 31.2 Å². The summed E-state index contributed by atoms with van der Waals surface area (Å²) in [6, 6.07) is 0. The fraction of sp³-hybridized carbons (Fsp3) is 0.793. The zero-order valence-corrected chi connectivity index (χ0v) is 33.3. The third-order valence-electron chi connectivity index (χ3n) is 10.0. The molecule has 1 aliphatic heterocycles. The lowest BCUT2D eigenvalue weighted by atomic mass is 10.1. The molecule has 3 heterocycles. The number of hydrogen-bond donors (Lipinski definition) is 1. The number of rotatable bonds is 8. The number of aromatic nitrogens is 3. The van der Waals surface area contributed by atoms with Crippen LogP contribution in [0.3, 0.4) is 0 Å². The first-order valence-electron chi connectivity index (χ1n) is 14.7. The van der Waals surface area contributed by atoms with E-state index in [0.717, 1.165) is 14.6 Å². The molecule has 2 aromatic heterocycles. The Bertz CT molecular complexity index is 1230. The summed E-state index contributed by atoms with van der Waals surface area (Å²) in [6.45, 7) is 34.7. The van der Waals surface area contributed by atoms with Gasteiger partial charge in [0.1, 0.15) is 36.1 Å². The molecule has 0 aliphatic carbocycles. The lowest BCUT2D eigenvalue weighted by molar-refractivity contribution is -0.0468. The highest BCUT2D eigenvalue weighted by Crippen LogP contribution is 2.47. The van der Waals surface area contributed by atoms with Crippen LogP contribution in [0.2, 0.25) is 54.4 Å². The Morgan fingerprint density at radius 3 is 1.80 bits per heavy atom. The van der Waals surface area contributed by atoms with Gasteiger partial charge in [0.2, 0.25) is 0 Å². The molecule has 41 heavy (non-hydrogen) atoms. The van der Waals surface area contributed by atoms with Crippen molar-refractivity contribution < 1.29 is 18.0 Å². The Morgan fingerprint density at radius 1 is 0.829 bits per heavy atom. The van der Waals surface area contributed by atoms with Gasteiger partial charge in [-0.2, -0.15) is 0 Å². The Labute approximate surface area is 265 Å². The molecule has 0 aromatic carbocycles. The van der Waals surface area contributed by atoms with Crippen LogP contribution in [0, 0.1) is 3.57 Å². The van der Waals surface area contributed by atoms with E-state index < -0.39 is 31.2 Å². The van der Waals surface area contributed by atoms with E-state index in [9.17, 15) is 0 Å². The molecule has 1 aliphatic rings. The summed E-state index contributed by atoms with van der Waals surface area (Å²) < 4.78 is 31.4. The highest BCUT2D eigenvalue weighted by molar-refractivity contribution is 14.1. The van der Waals surface area contributed by atoms with Crippen molar-refractivity contribution >= 4 is 64.4 Å². The quantitative estimate of drug-likeness (QED) is 0.215. The first-order chi connectivity index (χ1) is 18.3. The third kappa shape index (κ3) is 7.15. The summed E-state index contributed by atoms with van der Waals surface area (Å²) in [5, 5.41) is 0.952. The highest BCUT2D eigenvalue weighted by Gasteiger charge is 2.55. The number of hydrogen-bond acceptors (Lipinski definition) is 7. The molecule has 2 N–H and O–H groups in total. The Balaban J connectivity index is 2.19. The first-order valence-corrected chi connectivity index (χ1v) is 24.5. The van der Waals surface area contributed by atoms with Crippen LogP contribution in [-0.4, -0.2) is 64.4 Å². The summed E-state index contributed by atoms with van der Waals surface area (Å²) in [7, 11) is -6.51. The van der Waals surface area contributed by atoms with Crippen LogP contribution in [0.25, 0.3) is 11.0 Å². The van der Waals surface area contributed by atoms with E-state index in [1.54, 1.807) is 0 Å². The average molecular weight is 735 g/mol. The van der Waals surface area contributed by atoms with E-state index in [4.69, 9.17) is 23.7 Å². The van der Waals surface area contributed by atoms with Gasteiger partial charge >= 0.3 is 0 Å². The van der Waals surface area contributed by atoms with Gasteiger partial charge < -0.3 is 28.3 Å². The van der Waals surface area contributed by atoms with Crippen LogP contribution in [0.5, 0.6) is 0 Å². The molecule has 1 fully saturated rings. The lowest BCUT2D eigenvalue weighted by Gasteiger charge is -2.44. The van der Waals surface area contributed by atoms with E-state index >= 15 is 0 Å². The average Bonchev–Trinajstić information content (AvgIpc) is 3.27. The zero-order chi connectivity index (χ0) is 31.6. The smallest absolute Gasteiger partial charge is 0.192 e. The van der Waals surface area contributed by atoms with Crippen molar-refractivity contribution in [1.82, 2.24) is 14.5 Å². The van der Waals surface area contributed by atoms with Crippen molar-refractivity contribution in [2.75, 3.05) is 12.3 Å². The molecule has 1 saturated heterocycles. The van der Waals surface area contributed by atoms with Gasteiger partial charge in [-0.25, -0.2) is 9.97 Å². The third-order valence-corrected chi connectivity index (χ3v) is 24.3. The summed E-state index contributed by atoms with van der Waals surface area (Å²) in [5.74, 6) is 0.463. The van der Waals surface area contributed by atoms with Crippen LogP contribution < -0.4 is 5.73 Å². The van der Waals surface area contributed by atoms with Gasteiger partial charge in [0.25, 0.3) is 0 Å². The monoisotopic (exact) mass is 734 g/mol. The van der Waals surface area contributed by atoms with E-state index in [1.165, 1.54) is 6.33 Å². The zero-order valence-electron chi connectivity index (χ0n) is 28.1. The van der Waals surface area contributed by atoms with Crippen molar-refractivity contribution in [3.8, 4) is 0 Å². The van der Waals surface area contributed by atoms with Gasteiger partial charge in [-0.1, -0.05) is 62.3 Å². The molecule has 2 aromatic rings. The van der Waals surface area contributed by atoms with E-state index in [-0.39, 0.29) is 33.4 Å². The van der Waals surface area contributed by atoms with Crippen molar-refractivity contribution in [2.24, 2.45) is 0 Å². The number of nitrogen functional groups attached to an aromatic ring is 1. The highest BCUT2D eigenvalue weighted by atomic mass is 127. The normalized spacial score (nSPS) is 23.5. The van der Waals surface area contributed by atoms with Gasteiger partial charge in [0, 0.05) is 9.77 Å². The fourth-order valence-electron chi connectivity index (χ4n) is 4.13. The Kier molecular flexibility index (Phi) is 9.88. The number of ether oxygens (including phenoxy) is 1. The maximum atomic E-state index is 7.29. The minimum Gasteiger partial charge on any atom is -0.414 e. The molecule has 8 nitrogen and oxygen atoms in total. The molecule has 0 saturated carbocycles. The number of fused-ring (bicyclic) bond motifs is 1. The SMILES string of the molecule is CC(C)(C)[Si](C)(C)OC[C@H]1O[C@@H](n2cc(I)c3c(N)ncnc32)C(O[Si](C)(C)C(C)(C)C)C1O[Si](C)(C)C(C)(C)C. The molecule has 0 bridgehead atoms. The molecular formula is C29H55IN4O4Si3. The maximum Gasteiger partial charge on any atom is 0.192 e. The van der Waals surface area contributed by atoms with E-state index in [2.05, 4.69) is 145 Å². The fourth-order valence-corrected chi connectivity index (χ4v) is 8.57. The molecule has 0 amide bonds. The van der Waals surface area contributed by atoms with Crippen molar-refractivity contribution in [2.45, 2.75) is 141 Å². The second-order valence-corrected chi connectivity index (χ2v) is 31.6. The Morgan fingerprint density at radius 2 is 1.32 bits per heavy atom. The van der Waals surface area contributed by atoms with E-state index in [1.807, 2.05) is 0 Å². The number of nitrogens with zero attached hydrogens (tertiary/aromatic N) is 3. The second-order valence-electron chi connectivity index (χ2n) is 16.2. The van der Waals surface area contributed by atoms with Crippen LogP contribution in [-0.2, 0) is 18.0 Å². The summed E-state index contributed by atoms with van der Waals surface area (Å²) in [5.41, 5.74) is 7.06. The second kappa shape index (κ2) is 11.5. The maximum absolute atomic E-state index is 7.29. The van der Waals surface area contributed by atoms with Crippen LogP contribution in [0.15, 0.2) is 12.5 Å². The standard InChI is InChI=1S/C29H55IN4O4Si3/c1-27(2,3)39(10,11)35-17-20-22(37-40(12,13)28(4,5)6)23(38-41(14,15)29(7,8)9)26(36-20)34-16-19(30)21-24(31)32-18-33-25(21)34/h16,18,20,22-23,26H,17H2,1-15H3,(H2,31,32,33)/t20-,22?,23?,26-/m1/s1. The van der Waals surface area contributed by atoms with Gasteiger partial charge in [-0.05, 0) is 77.0 Å². The van der Waals surface area contributed by atoms with Crippen LogP contribution in [0.1, 0.15) is 68.5 Å². The molecule has 2 unspecified atom stereocenters. The largest absolute Gasteiger partial charge is 0.414 e. The van der Waals surface area contributed by atoms with Crippen molar-refractivity contribution in [3.05, 3.63) is 16.1 Å². The van der Waals surface area contributed by atoms with Gasteiger partial charge in [0.05, 0.1) is 12.0 Å². The molecule has 12 heteroatoms. The molecule has 0 spiro atoms. The first kappa shape index (κ1) is 35.1. The number of nitrogens with two attached hydrogens (primary N) is 1. The number of anilines is 1. The summed E-state index contributed by atoms with van der Waals surface area (Å²) in [4.78, 5) is 8.91. The molecular weight excluding hydrogens is 680 g/mol. The number of halogens is 1. The molecule has 0 radical (unpaired) electrons. The molecule has 234 valence electrons.